The van der Waals surface area contributed by atoms with Crippen LogP contribution in [0.1, 0.15) is 24.3 Å². The van der Waals surface area contributed by atoms with Crippen molar-refractivity contribution in [2.24, 2.45) is 11.7 Å². The molecule has 0 bridgehead atoms. The van der Waals surface area contributed by atoms with Gasteiger partial charge in [0.2, 0.25) is 5.91 Å². The molecule has 1 fully saturated rings. The normalized spacial score (nSPS) is 23.5. The van der Waals surface area contributed by atoms with Crippen LogP contribution in [-0.2, 0) is 4.79 Å². The number of thioether (sulfide) groups is 1. The first-order chi connectivity index (χ1) is 8.79. The van der Waals surface area contributed by atoms with Gasteiger partial charge in [0.15, 0.2) is 0 Å². The molecule has 1 aliphatic carbocycles. The van der Waals surface area contributed by atoms with Crippen LogP contribution in [0.2, 0.25) is 0 Å². The summed E-state index contributed by atoms with van der Waals surface area (Å²) in [5.74, 6) is 1.62. The van der Waals surface area contributed by atoms with Crippen LogP contribution in [0, 0.1) is 5.92 Å². The van der Waals surface area contributed by atoms with E-state index in [0.29, 0.717) is 12.5 Å². The van der Waals surface area contributed by atoms with Crippen molar-refractivity contribution in [3.05, 3.63) is 29.8 Å². The van der Waals surface area contributed by atoms with Crippen LogP contribution < -0.4 is 11.1 Å². The highest BCUT2D eigenvalue weighted by molar-refractivity contribution is 7.99. The predicted molar refractivity (Wildman–Crippen MR) is 73.6 cm³/mol. The third-order valence-electron chi connectivity index (χ3n) is 3.79. The molecule has 1 aromatic rings. The zero-order chi connectivity index (χ0) is 12.5. The molecule has 18 heavy (non-hydrogen) atoms. The Kier molecular flexibility index (Phi) is 3.31. The molecule has 1 saturated carbocycles. The average Bonchev–Trinajstić information content (AvgIpc) is 3.14. The second-order valence-electron chi connectivity index (χ2n) is 5.09. The number of nitrogens with one attached hydrogen (secondary N) is 1. The van der Waals surface area contributed by atoms with Gasteiger partial charge in [0.05, 0.1) is 5.92 Å². The summed E-state index contributed by atoms with van der Waals surface area (Å²) >= 11 is 1.77. The van der Waals surface area contributed by atoms with Crippen molar-refractivity contribution in [1.82, 2.24) is 5.32 Å². The number of amides is 1. The van der Waals surface area contributed by atoms with E-state index in [0.717, 1.165) is 5.75 Å². The third kappa shape index (κ3) is 2.27. The molecule has 96 valence electrons. The molecule has 2 aliphatic rings. The lowest BCUT2D eigenvalue weighted by atomic mass is 10.00. The van der Waals surface area contributed by atoms with Crippen molar-refractivity contribution in [2.45, 2.75) is 29.7 Å². The molecule has 3 rings (SSSR count). The molecular formula is C14H18N2OS. The zero-order valence-corrected chi connectivity index (χ0v) is 11.1. The second-order valence-corrected chi connectivity index (χ2v) is 6.15. The molecule has 1 aliphatic heterocycles. The smallest absolute Gasteiger partial charge is 0.228 e. The molecule has 0 radical (unpaired) electrons. The van der Waals surface area contributed by atoms with E-state index in [1.54, 1.807) is 11.8 Å². The van der Waals surface area contributed by atoms with E-state index in [-0.39, 0.29) is 17.9 Å². The average molecular weight is 262 g/mol. The van der Waals surface area contributed by atoms with Gasteiger partial charge in [0.1, 0.15) is 0 Å². The molecule has 1 heterocycles. The molecule has 1 amide bonds. The summed E-state index contributed by atoms with van der Waals surface area (Å²) in [5.41, 5.74) is 6.91. The monoisotopic (exact) mass is 262 g/mol. The molecular weight excluding hydrogens is 244 g/mol. The van der Waals surface area contributed by atoms with Crippen molar-refractivity contribution in [2.75, 3.05) is 12.3 Å². The quantitative estimate of drug-likeness (QED) is 0.869. The second kappa shape index (κ2) is 4.94. The number of rotatable bonds is 4. The standard InChI is InChI=1S/C14H18N2OS/c15-7-12(9-5-6-9)16-14(17)11-8-18-13-4-2-1-3-10(11)13/h1-4,9,11-12H,5-8,15H2,(H,16,17). The Labute approximate surface area is 112 Å². The maximum atomic E-state index is 12.3. The summed E-state index contributed by atoms with van der Waals surface area (Å²) in [6.07, 6.45) is 2.41. The van der Waals surface area contributed by atoms with E-state index in [4.69, 9.17) is 5.73 Å². The van der Waals surface area contributed by atoms with Gasteiger partial charge in [-0.05, 0) is 30.4 Å². The first kappa shape index (κ1) is 12.1. The van der Waals surface area contributed by atoms with Crippen LogP contribution >= 0.6 is 11.8 Å². The fraction of sp³-hybridized carbons (Fsp3) is 0.500. The number of nitrogens with two attached hydrogens (primary N) is 1. The van der Waals surface area contributed by atoms with E-state index < -0.39 is 0 Å². The summed E-state index contributed by atoms with van der Waals surface area (Å²) < 4.78 is 0. The van der Waals surface area contributed by atoms with Gasteiger partial charge in [-0.15, -0.1) is 11.8 Å². The number of carbonyl (C=O) groups excluding carboxylic acids is 1. The lowest BCUT2D eigenvalue weighted by molar-refractivity contribution is -0.122. The Hall–Kier alpha value is -1.00. The number of carbonyl (C=O) groups is 1. The van der Waals surface area contributed by atoms with Crippen molar-refractivity contribution in [3.8, 4) is 0 Å². The summed E-state index contributed by atoms with van der Waals surface area (Å²) in [6.45, 7) is 0.553. The van der Waals surface area contributed by atoms with E-state index in [2.05, 4.69) is 17.4 Å². The Bertz CT molecular complexity index is 459. The van der Waals surface area contributed by atoms with Gasteiger partial charge in [0, 0.05) is 23.2 Å². The number of hydrogen-bond acceptors (Lipinski definition) is 3. The topological polar surface area (TPSA) is 55.1 Å². The maximum Gasteiger partial charge on any atom is 0.228 e. The van der Waals surface area contributed by atoms with Gasteiger partial charge in [-0.2, -0.15) is 0 Å². The van der Waals surface area contributed by atoms with E-state index in [9.17, 15) is 4.79 Å². The summed E-state index contributed by atoms with van der Waals surface area (Å²) in [5, 5.41) is 3.13. The van der Waals surface area contributed by atoms with Crippen LogP contribution in [0.15, 0.2) is 29.2 Å². The van der Waals surface area contributed by atoms with Crippen molar-refractivity contribution < 1.29 is 4.79 Å². The molecule has 3 nitrogen and oxygen atoms in total. The molecule has 0 saturated heterocycles. The highest BCUT2D eigenvalue weighted by atomic mass is 32.2. The lowest BCUT2D eigenvalue weighted by Crippen LogP contribution is -2.43. The first-order valence-electron chi connectivity index (χ1n) is 6.51. The van der Waals surface area contributed by atoms with Crippen LogP contribution in [0.4, 0.5) is 0 Å². The highest BCUT2D eigenvalue weighted by Crippen LogP contribution is 2.40. The first-order valence-corrected chi connectivity index (χ1v) is 7.50. The number of hydrogen-bond donors (Lipinski definition) is 2. The van der Waals surface area contributed by atoms with Crippen molar-refractivity contribution in [1.29, 1.82) is 0 Å². The predicted octanol–water partition coefficient (Wildman–Crippen LogP) is 1.73. The third-order valence-corrected chi connectivity index (χ3v) is 4.97. The van der Waals surface area contributed by atoms with Gasteiger partial charge in [-0.1, -0.05) is 18.2 Å². The summed E-state index contributed by atoms with van der Waals surface area (Å²) in [7, 11) is 0. The molecule has 2 unspecified atom stereocenters. The van der Waals surface area contributed by atoms with Gasteiger partial charge < -0.3 is 11.1 Å². The number of fused-ring (bicyclic) bond motifs is 1. The Morgan fingerprint density at radius 2 is 2.22 bits per heavy atom. The molecule has 0 aromatic heterocycles. The molecule has 1 aromatic carbocycles. The van der Waals surface area contributed by atoms with Gasteiger partial charge in [-0.3, -0.25) is 4.79 Å². The maximum absolute atomic E-state index is 12.3. The largest absolute Gasteiger partial charge is 0.351 e. The molecule has 3 N–H and O–H groups in total. The number of benzene rings is 1. The van der Waals surface area contributed by atoms with Crippen molar-refractivity contribution >= 4 is 17.7 Å². The van der Waals surface area contributed by atoms with E-state index >= 15 is 0 Å². The fourth-order valence-corrected chi connectivity index (χ4v) is 3.76. The van der Waals surface area contributed by atoms with Crippen LogP contribution in [0.3, 0.4) is 0 Å². The van der Waals surface area contributed by atoms with Crippen molar-refractivity contribution in [3.63, 3.8) is 0 Å². The minimum atomic E-state index is -0.000926. The fourth-order valence-electron chi connectivity index (χ4n) is 2.53. The molecule has 4 heteroatoms. The van der Waals surface area contributed by atoms with Crippen LogP contribution in [0.5, 0.6) is 0 Å². The van der Waals surface area contributed by atoms with Gasteiger partial charge >= 0.3 is 0 Å². The Morgan fingerprint density at radius 1 is 1.44 bits per heavy atom. The Balaban J connectivity index is 1.70. The van der Waals surface area contributed by atoms with Gasteiger partial charge in [-0.25, -0.2) is 0 Å². The van der Waals surface area contributed by atoms with E-state index in [1.165, 1.54) is 23.3 Å². The van der Waals surface area contributed by atoms with Crippen LogP contribution in [-0.4, -0.2) is 24.2 Å². The Morgan fingerprint density at radius 3 is 2.94 bits per heavy atom. The summed E-state index contributed by atoms with van der Waals surface area (Å²) in [6, 6.07) is 8.36. The van der Waals surface area contributed by atoms with E-state index in [1.807, 2.05) is 12.1 Å². The van der Waals surface area contributed by atoms with Gasteiger partial charge in [0.25, 0.3) is 0 Å². The minimum absolute atomic E-state index is 0.000926. The molecule has 0 spiro atoms. The zero-order valence-electron chi connectivity index (χ0n) is 10.3. The lowest BCUT2D eigenvalue weighted by Gasteiger charge is -2.19. The highest BCUT2D eigenvalue weighted by Gasteiger charge is 2.35. The molecule has 2 atom stereocenters. The SMILES string of the molecule is NCC(NC(=O)C1CSc2ccccc21)C1CC1. The summed E-state index contributed by atoms with van der Waals surface area (Å²) in [4.78, 5) is 13.6. The minimum Gasteiger partial charge on any atom is -0.351 e. The van der Waals surface area contributed by atoms with Crippen LogP contribution in [0.25, 0.3) is 0 Å².